The molecule has 3 heterocycles. The first-order valence-corrected chi connectivity index (χ1v) is 8.47. The highest BCUT2D eigenvalue weighted by Crippen LogP contribution is 2.26. The lowest BCUT2D eigenvalue weighted by Crippen LogP contribution is -2.49. The summed E-state index contributed by atoms with van der Waals surface area (Å²) in [5.74, 6) is 1.18. The summed E-state index contributed by atoms with van der Waals surface area (Å²) in [6, 6.07) is 10.2. The fourth-order valence-corrected chi connectivity index (χ4v) is 3.41. The Labute approximate surface area is 141 Å². The maximum absolute atomic E-state index is 12.6. The van der Waals surface area contributed by atoms with Crippen molar-refractivity contribution in [3.63, 3.8) is 0 Å². The van der Waals surface area contributed by atoms with Gasteiger partial charge in [0.1, 0.15) is 5.75 Å². The third kappa shape index (κ3) is 3.07. The molecule has 0 unspecified atom stereocenters. The van der Waals surface area contributed by atoms with Crippen LogP contribution in [0, 0.1) is 0 Å². The molecule has 0 atom stereocenters. The van der Waals surface area contributed by atoms with Crippen molar-refractivity contribution in [2.45, 2.75) is 12.8 Å². The van der Waals surface area contributed by atoms with E-state index in [1.165, 1.54) is 11.3 Å². The van der Waals surface area contributed by atoms with Crippen molar-refractivity contribution < 1.29 is 9.53 Å². The smallest absolute Gasteiger partial charge is 0.227 e. The number of fused-ring (bicyclic) bond motifs is 1. The summed E-state index contributed by atoms with van der Waals surface area (Å²) in [5.41, 5.74) is 3.49. The highest BCUT2D eigenvalue weighted by Gasteiger charge is 2.22. The quantitative estimate of drug-likeness (QED) is 0.866. The minimum absolute atomic E-state index is 0.211. The number of piperazine rings is 1. The molecule has 1 fully saturated rings. The SMILES string of the molecule is O=C(Cc1ccc2c(c1)CCO2)N1CCN(c2ccncc2)CC1. The number of carbonyl (C=O) groups is 1. The second-order valence-corrected chi connectivity index (χ2v) is 6.29. The standard InChI is InChI=1S/C19H21N3O2/c23-19(14-15-1-2-18-16(13-15)5-12-24-18)22-10-8-21(9-11-22)17-3-6-20-7-4-17/h1-4,6-7,13H,5,8-12,14H2. The van der Waals surface area contributed by atoms with Gasteiger partial charge in [-0.05, 0) is 29.3 Å². The predicted molar refractivity (Wildman–Crippen MR) is 92.4 cm³/mol. The number of pyridine rings is 1. The zero-order valence-electron chi connectivity index (χ0n) is 13.6. The van der Waals surface area contributed by atoms with E-state index < -0.39 is 0 Å². The molecule has 0 N–H and O–H groups in total. The molecule has 2 aliphatic heterocycles. The van der Waals surface area contributed by atoms with E-state index in [4.69, 9.17) is 4.74 Å². The highest BCUT2D eigenvalue weighted by molar-refractivity contribution is 5.79. The number of aromatic nitrogens is 1. The van der Waals surface area contributed by atoms with Crippen molar-refractivity contribution in [3.05, 3.63) is 53.9 Å². The fraction of sp³-hybridized carbons (Fsp3) is 0.368. The summed E-state index contributed by atoms with van der Waals surface area (Å²) >= 11 is 0. The van der Waals surface area contributed by atoms with E-state index in [1.807, 2.05) is 41.6 Å². The maximum atomic E-state index is 12.6. The molecular weight excluding hydrogens is 302 g/mol. The van der Waals surface area contributed by atoms with Crippen molar-refractivity contribution in [1.82, 2.24) is 9.88 Å². The van der Waals surface area contributed by atoms with Gasteiger partial charge in [-0.15, -0.1) is 0 Å². The number of rotatable bonds is 3. The van der Waals surface area contributed by atoms with Crippen molar-refractivity contribution in [2.75, 3.05) is 37.7 Å². The molecule has 0 bridgehead atoms. The average molecular weight is 323 g/mol. The van der Waals surface area contributed by atoms with Crippen LogP contribution in [0.2, 0.25) is 0 Å². The Hall–Kier alpha value is -2.56. The molecule has 5 nitrogen and oxygen atoms in total. The molecule has 4 rings (SSSR count). The Bertz CT molecular complexity index is 725. The average Bonchev–Trinajstić information content (AvgIpc) is 3.10. The summed E-state index contributed by atoms with van der Waals surface area (Å²) in [7, 11) is 0. The first-order valence-electron chi connectivity index (χ1n) is 8.47. The second kappa shape index (κ2) is 6.51. The van der Waals surface area contributed by atoms with Gasteiger partial charge >= 0.3 is 0 Å². The van der Waals surface area contributed by atoms with Gasteiger partial charge in [0, 0.05) is 50.7 Å². The first kappa shape index (κ1) is 15.0. The van der Waals surface area contributed by atoms with Crippen LogP contribution in [0.1, 0.15) is 11.1 Å². The summed E-state index contributed by atoms with van der Waals surface area (Å²) in [6.07, 6.45) is 5.04. The fourth-order valence-electron chi connectivity index (χ4n) is 3.41. The van der Waals surface area contributed by atoms with Crippen LogP contribution in [-0.2, 0) is 17.6 Å². The van der Waals surface area contributed by atoms with Gasteiger partial charge in [0.05, 0.1) is 13.0 Å². The van der Waals surface area contributed by atoms with Gasteiger partial charge in [-0.2, -0.15) is 0 Å². The number of anilines is 1. The van der Waals surface area contributed by atoms with Crippen LogP contribution in [0.3, 0.4) is 0 Å². The van der Waals surface area contributed by atoms with Crippen molar-refractivity contribution in [1.29, 1.82) is 0 Å². The molecule has 2 aliphatic rings. The van der Waals surface area contributed by atoms with Crippen LogP contribution >= 0.6 is 0 Å². The zero-order valence-corrected chi connectivity index (χ0v) is 13.6. The van der Waals surface area contributed by atoms with Crippen LogP contribution in [-0.4, -0.2) is 48.6 Å². The van der Waals surface area contributed by atoms with Gasteiger partial charge in [-0.1, -0.05) is 12.1 Å². The van der Waals surface area contributed by atoms with Gasteiger partial charge in [0.15, 0.2) is 0 Å². The zero-order chi connectivity index (χ0) is 16.4. The molecule has 0 saturated carbocycles. The van der Waals surface area contributed by atoms with Crippen molar-refractivity contribution in [3.8, 4) is 5.75 Å². The van der Waals surface area contributed by atoms with E-state index in [9.17, 15) is 4.79 Å². The van der Waals surface area contributed by atoms with E-state index in [2.05, 4.69) is 16.0 Å². The molecular formula is C19H21N3O2. The Balaban J connectivity index is 1.35. The van der Waals surface area contributed by atoms with Gasteiger partial charge in [-0.25, -0.2) is 0 Å². The molecule has 0 aliphatic carbocycles. The van der Waals surface area contributed by atoms with Gasteiger partial charge in [0.2, 0.25) is 5.91 Å². The van der Waals surface area contributed by atoms with E-state index in [-0.39, 0.29) is 5.91 Å². The maximum Gasteiger partial charge on any atom is 0.227 e. The Morgan fingerprint density at radius 1 is 1.08 bits per heavy atom. The summed E-state index contributed by atoms with van der Waals surface area (Å²) < 4.78 is 5.52. The largest absolute Gasteiger partial charge is 0.493 e. The number of amides is 1. The highest BCUT2D eigenvalue weighted by atomic mass is 16.5. The van der Waals surface area contributed by atoms with E-state index in [0.29, 0.717) is 6.42 Å². The Morgan fingerprint density at radius 3 is 2.67 bits per heavy atom. The lowest BCUT2D eigenvalue weighted by atomic mass is 10.1. The summed E-state index contributed by atoms with van der Waals surface area (Å²) in [6.45, 7) is 4.04. The summed E-state index contributed by atoms with van der Waals surface area (Å²) in [5, 5.41) is 0. The topological polar surface area (TPSA) is 45.7 Å². The Morgan fingerprint density at radius 2 is 1.88 bits per heavy atom. The molecule has 1 saturated heterocycles. The molecule has 24 heavy (non-hydrogen) atoms. The number of carbonyl (C=O) groups excluding carboxylic acids is 1. The van der Waals surface area contributed by atoms with Crippen LogP contribution in [0.15, 0.2) is 42.7 Å². The molecule has 124 valence electrons. The number of nitrogens with zero attached hydrogens (tertiary/aromatic N) is 3. The van der Waals surface area contributed by atoms with E-state index in [1.54, 1.807) is 0 Å². The van der Waals surface area contributed by atoms with Gasteiger partial charge in [-0.3, -0.25) is 9.78 Å². The van der Waals surface area contributed by atoms with E-state index >= 15 is 0 Å². The second-order valence-electron chi connectivity index (χ2n) is 6.29. The first-order chi connectivity index (χ1) is 11.8. The number of ether oxygens (including phenoxy) is 1. The Kier molecular flexibility index (Phi) is 4.07. The molecule has 5 heteroatoms. The molecule has 1 aromatic heterocycles. The molecule has 1 amide bonds. The number of hydrogen-bond donors (Lipinski definition) is 0. The molecule has 0 spiro atoms. The van der Waals surface area contributed by atoms with Gasteiger partial charge in [0.25, 0.3) is 0 Å². The molecule has 0 radical (unpaired) electrons. The third-order valence-corrected chi connectivity index (χ3v) is 4.77. The summed E-state index contributed by atoms with van der Waals surface area (Å²) in [4.78, 5) is 20.9. The van der Waals surface area contributed by atoms with Crippen LogP contribution in [0.5, 0.6) is 5.75 Å². The minimum Gasteiger partial charge on any atom is -0.493 e. The lowest BCUT2D eigenvalue weighted by molar-refractivity contribution is -0.130. The molecule has 1 aromatic carbocycles. The van der Waals surface area contributed by atoms with Crippen molar-refractivity contribution in [2.24, 2.45) is 0 Å². The lowest BCUT2D eigenvalue weighted by Gasteiger charge is -2.36. The predicted octanol–water partition coefficient (Wildman–Crippen LogP) is 1.91. The normalized spacial score (nSPS) is 16.7. The van der Waals surface area contributed by atoms with Crippen LogP contribution < -0.4 is 9.64 Å². The van der Waals surface area contributed by atoms with Crippen molar-refractivity contribution >= 4 is 11.6 Å². The molecule has 2 aromatic rings. The monoisotopic (exact) mass is 323 g/mol. The third-order valence-electron chi connectivity index (χ3n) is 4.77. The van der Waals surface area contributed by atoms with Crippen LogP contribution in [0.4, 0.5) is 5.69 Å². The van der Waals surface area contributed by atoms with Crippen LogP contribution in [0.25, 0.3) is 0 Å². The minimum atomic E-state index is 0.211. The van der Waals surface area contributed by atoms with E-state index in [0.717, 1.165) is 50.5 Å². The van der Waals surface area contributed by atoms with Gasteiger partial charge < -0.3 is 14.5 Å². The number of benzene rings is 1. The number of hydrogen-bond acceptors (Lipinski definition) is 4.